The van der Waals surface area contributed by atoms with Crippen molar-refractivity contribution in [3.8, 4) is 0 Å². The summed E-state index contributed by atoms with van der Waals surface area (Å²) in [5, 5.41) is 3.41. The number of benzene rings is 1. The second-order valence-corrected chi connectivity index (χ2v) is 9.27. The molecular weight excluding hydrogens is 388 g/mol. The molecule has 7 heteroatoms. The van der Waals surface area contributed by atoms with E-state index in [0.717, 1.165) is 19.5 Å². The number of rotatable bonds is 5. The Balaban J connectivity index is 1.22. The molecule has 2 heterocycles. The van der Waals surface area contributed by atoms with E-state index in [4.69, 9.17) is 11.6 Å². The van der Waals surface area contributed by atoms with E-state index in [1.54, 1.807) is 29.2 Å². The Labute approximate surface area is 178 Å². The fraction of sp³-hybridized carbons (Fsp3) is 0.636. The van der Waals surface area contributed by atoms with Crippen LogP contribution in [-0.4, -0.2) is 71.9 Å². The number of hydrogen-bond donors (Lipinski definition) is 1. The minimum atomic E-state index is -0.451. The van der Waals surface area contributed by atoms with Crippen molar-refractivity contribution in [2.24, 2.45) is 5.41 Å². The SMILES string of the molecule is CC1C(=O)N(CCCN2CCC3(CC2)CC3)CCN1C(=O)Nc1cccc(Cl)c1. The number of likely N-dealkylation sites (tertiary alicyclic amines) is 1. The molecule has 4 rings (SSSR count). The summed E-state index contributed by atoms with van der Waals surface area (Å²) in [6.45, 7) is 7.21. The maximum atomic E-state index is 12.8. The van der Waals surface area contributed by atoms with Crippen molar-refractivity contribution < 1.29 is 9.59 Å². The van der Waals surface area contributed by atoms with Crippen LogP contribution in [0.3, 0.4) is 0 Å². The molecule has 3 amide bonds. The van der Waals surface area contributed by atoms with Gasteiger partial charge in [-0.3, -0.25) is 4.79 Å². The van der Waals surface area contributed by atoms with E-state index in [-0.39, 0.29) is 11.9 Å². The highest BCUT2D eigenvalue weighted by atomic mass is 35.5. The fourth-order valence-corrected chi connectivity index (χ4v) is 4.79. The van der Waals surface area contributed by atoms with Crippen LogP contribution in [-0.2, 0) is 4.79 Å². The molecule has 6 nitrogen and oxygen atoms in total. The molecule has 158 valence electrons. The Morgan fingerprint density at radius 3 is 2.59 bits per heavy atom. The van der Waals surface area contributed by atoms with Crippen LogP contribution in [0.2, 0.25) is 5.02 Å². The Kier molecular flexibility index (Phi) is 6.02. The second kappa shape index (κ2) is 8.52. The van der Waals surface area contributed by atoms with Gasteiger partial charge in [0.05, 0.1) is 0 Å². The van der Waals surface area contributed by atoms with Gasteiger partial charge in [0.2, 0.25) is 5.91 Å². The zero-order chi connectivity index (χ0) is 20.4. The van der Waals surface area contributed by atoms with Gasteiger partial charge in [0.1, 0.15) is 6.04 Å². The molecule has 1 spiro atoms. The first-order valence-corrected chi connectivity index (χ1v) is 11.2. The largest absolute Gasteiger partial charge is 0.339 e. The highest BCUT2D eigenvalue weighted by molar-refractivity contribution is 6.30. The molecule has 0 aromatic heterocycles. The topological polar surface area (TPSA) is 55.9 Å². The summed E-state index contributed by atoms with van der Waals surface area (Å²) in [5.74, 6) is 0.0353. The predicted molar refractivity (Wildman–Crippen MR) is 115 cm³/mol. The molecule has 29 heavy (non-hydrogen) atoms. The quantitative estimate of drug-likeness (QED) is 0.793. The van der Waals surface area contributed by atoms with E-state index in [0.29, 0.717) is 29.2 Å². The second-order valence-electron chi connectivity index (χ2n) is 8.83. The Morgan fingerprint density at radius 2 is 1.90 bits per heavy atom. The maximum Gasteiger partial charge on any atom is 0.322 e. The minimum Gasteiger partial charge on any atom is -0.339 e. The lowest BCUT2D eigenvalue weighted by Crippen LogP contribution is -2.58. The average molecular weight is 419 g/mol. The van der Waals surface area contributed by atoms with Gasteiger partial charge in [-0.25, -0.2) is 4.79 Å². The van der Waals surface area contributed by atoms with E-state index >= 15 is 0 Å². The van der Waals surface area contributed by atoms with Gasteiger partial charge in [-0.05, 0) is 82.3 Å². The Morgan fingerprint density at radius 1 is 1.14 bits per heavy atom. The van der Waals surface area contributed by atoms with Crippen LogP contribution in [0.1, 0.15) is 39.0 Å². The van der Waals surface area contributed by atoms with E-state index in [1.807, 2.05) is 11.8 Å². The Hall–Kier alpha value is -1.79. The number of nitrogens with one attached hydrogen (secondary N) is 1. The molecule has 1 saturated carbocycles. The number of carbonyl (C=O) groups excluding carboxylic acids is 2. The van der Waals surface area contributed by atoms with Gasteiger partial charge in [-0.15, -0.1) is 0 Å². The predicted octanol–water partition coefficient (Wildman–Crippen LogP) is 3.67. The summed E-state index contributed by atoms with van der Waals surface area (Å²) < 4.78 is 0. The third-order valence-corrected chi connectivity index (χ3v) is 7.10. The first-order valence-electron chi connectivity index (χ1n) is 10.8. The van der Waals surface area contributed by atoms with Crippen molar-refractivity contribution in [3.05, 3.63) is 29.3 Å². The average Bonchev–Trinajstić information content (AvgIpc) is 3.46. The number of hydrogen-bond acceptors (Lipinski definition) is 3. The minimum absolute atomic E-state index is 0.0353. The molecule has 2 saturated heterocycles. The monoisotopic (exact) mass is 418 g/mol. The normalized spacial score (nSPS) is 24.1. The molecule has 1 aromatic carbocycles. The standard InChI is InChI=1S/C22H31ClN4O2/c1-17-20(28)26(11-3-10-25-12-8-22(6-7-22)9-13-25)14-15-27(17)21(29)24-19-5-2-4-18(23)16-19/h2,4-5,16-17H,3,6-15H2,1H3,(H,24,29). The third-order valence-electron chi connectivity index (χ3n) is 6.86. The summed E-state index contributed by atoms with van der Waals surface area (Å²) >= 11 is 5.98. The van der Waals surface area contributed by atoms with Gasteiger partial charge in [-0.1, -0.05) is 17.7 Å². The van der Waals surface area contributed by atoms with Gasteiger partial charge in [-0.2, -0.15) is 0 Å². The molecule has 1 atom stereocenters. The van der Waals surface area contributed by atoms with Crippen molar-refractivity contribution >= 4 is 29.2 Å². The number of amides is 3. The summed E-state index contributed by atoms with van der Waals surface area (Å²) in [7, 11) is 0. The molecule has 3 fully saturated rings. The number of anilines is 1. The van der Waals surface area contributed by atoms with Crippen LogP contribution in [0, 0.1) is 5.41 Å². The van der Waals surface area contributed by atoms with Gasteiger partial charge >= 0.3 is 6.03 Å². The third kappa shape index (κ3) is 4.86. The molecule has 3 aliphatic rings. The lowest BCUT2D eigenvalue weighted by atomic mass is 9.94. The van der Waals surface area contributed by atoms with Gasteiger partial charge in [0.25, 0.3) is 0 Å². The molecular formula is C22H31ClN4O2. The van der Waals surface area contributed by atoms with E-state index < -0.39 is 6.04 Å². The number of halogens is 1. The van der Waals surface area contributed by atoms with Crippen LogP contribution < -0.4 is 5.32 Å². The zero-order valence-electron chi connectivity index (χ0n) is 17.2. The number of urea groups is 1. The highest BCUT2D eigenvalue weighted by Gasteiger charge is 2.44. The summed E-state index contributed by atoms with van der Waals surface area (Å²) in [6.07, 6.45) is 6.57. The van der Waals surface area contributed by atoms with Crippen LogP contribution in [0.25, 0.3) is 0 Å². The Bertz CT molecular complexity index is 757. The number of piperidine rings is 1. The molecule has 2 aliphatic heterocycles. The lowest BCUT2D eigenvalue weighted by molar-refractivity contribution is -0.139. The summed E-state index contributed by atoms with van der Waals surface area (Å²) in [6, 6.07) is 6.34. The van der Waals surface area contributed by atoms with Crippen LogP contribution in [0.4, 0.5) is 10.5 Å². The van der Waals surface area contributed by atoms with Gasteiger partial charge < -0.3 is 20.0 Å². The number of nitrogens with zero attached hydrogens (tertiary/aromatic N) is 3. The van der Waals surface area contributed by atoms with Crippen molar-refractivity contribution in [1.82, 2.24) is 14.7 Å². The molecule has 1 N–H and O–H groups in total. The van der Waals surface area contributed by atoms with Crippen molar-refractivity contribution in [2.75, 3.05) is 44.6 Å². The van der Waals surface area contributed by atoms with Crippen molar-refractivity contribution in [1.29, 1.82) is 0 Å². The molecule has 1 aromatic rings. The molecule has 0 bridgehead atoms. The van der Waals surface area contributed by atoms with Gasteiger partial charge in [0, 0.05) is 30.3 Å². The first-order chi connectivity index (χ1) is 14.0. The zero-order valence-corrected chi connectivity index (χ0v) is 18.0. The summed E-state index contributed by atoms with van der Waals surface area (Å²) in [5.41, 5.74) is 1.35. The van der Waals surface area contributed by atoms with Crippen molar-refractivity contribution in [2.45, 2.75) is 45.1 Å². The molecule has 0 radical (unpaired) electrons. The highest BCUT2D eigenvalue weighted by Crippen LogP contribution is 2.53. The van der Waals surface area contributed by atoms with Crippen LogP contribution in [0.15, 0.2) is 24.3 Å². The first kappa shape index (κ1) is 20.5. The van der Waals surface area contributed by atoms with Crippen LogP contribution in [0.5, 0.6) is 0 Å². The molecule has 1 unspecified atom stereocenters. The van der Waals surface area contributed by atoms with E-state index in [9.17, 15) is 9.59 Å². The number of carbonyl (C=O) groups is 2. The van der Waals surface area contributed by atoms with Crippen molar-refractivity contribution in [3.63, 3.8) is 0 Å². The van der Waals surface area contributed by atoms with Gasteiger partial charge in [0.15, 0.2) is 0 Å². The lowest BCUT2D eigenvalue weighted by Gasteiger charge is -2.39. The number of piperazine rings is 1. The van der Waals surface area contributed by atoms with E-state index in [2.05, 4.69) is 10.2 Å². The van der Waals surface area contributed by atoms with Crippen LogP contribution >= 0.6 is 11.6 Å². The fourth-order valence-electron chi connectivity index (χ4n) is 4.60. The smallest absolute Gasteiger partial charge is 0.322 e. The maximum absolute atomic E-state index is 12.8. The summed E-state index contributed by atoms with van der Waals surface area (Å²) in [4.78, 5) is 31.5. The molecule has 1 aliphatic carbocycles. The van der Waals surface area contributed by atoms with E-state index in [1.165, 1.54) is 38.8 Å².